The summed E-state index contributed by atoms with van der Waals surface area (Å²) in [4.78, 5) is 14.1. The number of nitrogens with zero attached hydrogens (tertiary/aromatic N) is 1. The quantitative estimate of drug-likeness (QED) is 0.788. The maximum absolute atomic E-state index is 12.3. The normalized spacial score (nSPS) is 31.1. The second-order valence-electron chi connectivity index (χ2n) is 8.02. The van der Waals surface area contributed by atoms with Gasteiger partial charge < -0.3 is 23.8 Å². The van der Waals surface area contributed by atoms with Gasteiger partial charge in [0.2, 0.25) is 0 Å². The third-order valence-electron chi connectivity index (χ3n) is 5.98. The van der Waals surface area contributed by atoms with Crippen LogP contribution in [-0.4, -0.2) is 49.9 Å². The van der Waals surface area contributed by atoms with Crippen LogP contribution in [0.25, 0.3) is 0 Å². The molecule has 4 saturated heterocycles. The molecule has 6 nitrogen and oxygen atoms in total. The molecule has 4 aliphatic heterocycles. The molecule has 1 aromatic carbocycles. The summed E-state index contributed by atoms with van der Waals surface area (Å²) in [7, 11) is 0. The summed E-state index contributed by atoms with van der Waals surface area (Å²) in [6.07, 6.45) is 3.50. The summed E-state index contributed by atoms with van der Waals surface area (Å²) < 4.78 is 23.7. The first-order valence-corrected chi connectivity index (χ1v) is 10.0. The molecule has 0 N–H and O–H groups in total. The van der Waals surface area contributed by atoms with Crippen molar-refractivity contribution in [2.45, 2.75) is 45.2 Å². The molecule has 0 unspecified atom stereocenters. The number of benzene rings is 1. The van der Waals surface area contributed by atoms with Gasteiger partial charge in [-0.05, 0) is 24.8 Å². The molecule has 5 rings (SSSR count). The minimum absolute atomic E-state index is 0.0262. The lowest BCUT2D eigenvalue weighted by molar-refractivity contribution is -0.488. The molecule has 1 amide bonds. The van der Waals surface area contributed by atoms with Crippen LogP contribution in [0.4, 0.5) is 4.79 Å². The van der Waals surface area contributed by atoms with Gasteiger partial charge in [-0.25, -0.2) is 4.79 Å². The van der Waals surface area contributed by atoms with Crippen molar-refractivity contribution >= 4 is 6.09 Å². The van der Waals surface area contributed by atoms with Crippen molar-refractivity contribution < 1.29 is 23.7 Å². The molecule has 0 atom stereocenters. The van der Waals surface area contributed by atoms with Crippen molar-refractivity contribution in [2.24, 2.45) is 11.3 Å². The number of rotatable bonds is 5. The lowest BCUT2D eigenvalue weighted by Crippen LogP contribution is -2.64. The van der Waals surface area contributed by atoms with E-state index < -0.39 is 5.97 Å². The molecule has 27 heavy (non-hydrogen) atoms. The van der Waals surface area contributed by atoms with Crippen LogP contribution in [0.15, 0.2) is 30.3 Å². The Hall–Kier alpha value is -1.63. The van der Waals surface area contributed by atoms with E-state index in [1.54, 1.807) is 4.90 Å². The zero-order valence-corrected chi connectivity index (χ0v) is 16.0. The van der Waals surface area contributed by atoms with E-state index in [2.05, 4.69) is 6.92 Å². The Morgan fingerprint density at radius 3 is 2.33 bits per heavy atom. The van der Waals surface area contributed by atoms with Crippen molar-refractivity contribution in [3.63, 3.8) is 0 Å². The van der Waals surface area contributed by atoms with Crippen LogP contribution in [0, 0.1) is 11.3 Å². The first-order valence-electron chi connectivity index (χ1n) is 10.0. The molecule has 2 bridgehead atoms. The minimum atomic E-state index is -0.907. The van der Waals surface area contributed by atoms with Crippen molar-refractivity contribution in [3.8, 4) is 0 Å². The number of carbonyl (C=O) groups is 1. The van der Waals surface area contributed by atoms with Gasteiger partial charge in [0.25, 0.3) is 5.97 Å². The van der Waals surface area contributed by atoms with Gasteiger partial charge in [-0.1, -0.05) is 43.7 Å². The summed E-state index contributed by atoms with van der Waals surface area (Å²) in [6, 6.07) is 9.74. The highest BCUT2D eigenvalue weighted by molar-refractivity contribution is 5.67. The van der Waals surface area contributed by atoms with Gasteiger partial charge in [0.15, 0.2) is 0 Å². The molecule has 0 aliphatic carbocycles. The molecule has 148 valence electrons. The third kappa shape index (κ3) is 3.84. The van der Waals surface area contributed by atoms with Crippen LogP contribution in [-0.2, 0) is 25.6 Å². The van der Waals surface area contributed by atoms with Crippen molar-refractivity contribution in [3.05, 3.63) is 35.9 Å². The van der Waals surface area contributed by atoms with Crippen molar-refractivity contribution in [1.29, 1.82) is 0 Å². The van der Waals surface area contributed by atoms with E-state index in [-0.39, 0.29) is 17.4 Å². The molecular weight excluding hydrogens is 346 g/mol. The second-order valence-corrected chi connectivity index (χ2v) is 8.02. The molecule has 0 spiro atoms. The van der Waals surface area contributed by atoms with Gasteiger partial charge in [0, 0.05) is 24.4 Å². The van der Waals surface area contributed by atoms with Crippen molar-refractivity contribution in [1.82, 2.24) is 4.90 Å². The lowest BCUT2D eigenvalue weighted by Gasteiger charge is -2.55. The highest BCUT2D eigenvalue weighted by Crippen LogP contribution is 2.46. The summed E-state index contributed by atoms with van der Waals surface area (Å²) in [5, 5.41) is 0. The van der Waals surface area contributed by atoms with E-state index in [4.69, 9.17) is 18.9 Å². The zero-order chi connectivity index (χ0) is 18.7. The second kappa shape index (κ2) is 7.78. The van der Waals surface area contributed by atoms with Crippen LogP contribution in [0.5, 0.6) is 0 Å². The molecule has 0 saturated carbocycles. The Bertz CT molecular complexity index is 617. The summed E-state index contributed by atoms with van der Waals surface area (Å²) in [5.74, 6) is -0.759. The van der Waals surface area contributed by atoms with Gasteiger partial charge in [-0.2, -0.15) is 0 Å². The van der Waals surface area contributed by atoms with E-state index in [0.29, 0.717) is 39.5 Å². The van der Waals surface area contributed by atoms with Gasteiger partial charge >= 0.3 is 6.09 Å². The fourth-order valence-corrected chi connectivity index (χ4v) is 4.34. The number of amides is 1. The number of hydrogen-bond donors (Lipinski definition) is 0. The van der Waals surface area contributed by atoms with Crippen LogP contribution >= 0.6 is 0 Å². The van der Waals surface area contributed by atoms with E-state index in [1.807, 2.05) is 30.3 Å². The number of likely N-dealkylation sites (tertiary alicyclic amines) is 1. The lowest BCUT2D eigenvalue weighted by atomic mass is 9.82. The molecule has 4 heterocycles. The smallest absolute Gasteiger partial charge is 0.410 e. The molecule has 0 aromatic heterocycles. The fraction of sp³-hybridized carbons (Fsp3) is 0.667. The Kier molecular flexibility index (Phi) is 5.39. The maximum Gasteiger partial charge on any atom is 0.410 e. The Morgan fingerprint density at radius 1 is 1.11 bits per heavy atom. The molecule has 0 radical (unpaired) electrons. The maximum atomic E-state index is 12.3. The monoisotopic (exact) mass is 375 g/mol. The number of carbonyl (C=O) groups excluding carboxylic acids is 1. The fourth-order valence-electron chi connectivity index (χ4n) is 4.34. The third-order valence-corrected chi connectivity index (χ3v) is 5.98. The zero-order valence-electron chi connectivity index (χ0n) is 16.0. The average Bonchev–Trinajstić information content (AvgIpc) is 2.74. The van der Waals surface area contributed by atoms with Crippen molar-refractivity contribution in [2.75, 3.05) is 32.9 Å². The Labute approximate surface area is 160 Å². The molecule has 1 aromatic rings. The summed E-state index contributed by atoms with van der Waals surface area (Å²) >= 11 is 0. The highest BCUT2D eigenvalue weighted by Gasteiger charge is 2.56. The van der Waals surface area contributed by atoms with Crippen LogP contribution in [0.1, 0.15) is 38.2 Å². The summed E-state index contributed by atoms with van der Waals surface area (Å²) in [6.45, 7) is 5.88. The number of hydrogen-bond acceptors (Lipinski definition) is 5. The minimum Gasteiger partial charge on any atom is -0.445 e. The standard InChI is InChI=1S/C21H29NO5/c1-2-10-20-14-25-21(26-15-20,27-16-20)18-8-11-22(12-9-18)19(23)24-13-17-6-4-3-5-7-17/h3-7,18H,2,8-16H2,1H3. The average molecular weight is 375 g/mol. The summed E-state index contributed by atoms with van der Waals surface area (Å²) in [5.41, 5.74) is 1.02. The Balaban J connectivity index is 1.26. The van der Waals surface area contributed by atoms with Crippen LogP contribution in [0.2, 0.25) is 0 Å². The number of fused-ring (bicyclic) bond motifs is 3. The van der Waals surface area contributed by atoms with Crippen LogP contribution in [0.3, 0.4) is 0 Å². The van der Waals surface area contributed by atoms with Gasteiger partial charge in [-0.3, -0.25) is 0 Å². The van der Waals surface area contributed by atoms with E-state index in [9.17, 15) is 4.79 Å². The first kappa shape index (κ1) is 18.7. The predicted octanol–water partition coefficient (Wildman–Crippen LogP) is 3.55. The highest BCUT2D eigenvalue weighted by atomic mass is 16.9. The Morgan fingerprint density at radius 2 is 1.74 bits per heavy atom. The molecule has 4 aliphatic rings. The van der Waals surface area contributed by atoms with E-state index in [0.717, 1.165) is 31.2 Å². The largest absolute Gasteiger partial charge is 0.445 e. The number of piperidine rings is 1. The first-order chi connectivity index (χ1) is 13.1. The van der Waals surface area contributed by atoms with E-state index >= 15 is 0 Å². The molecular formula is C21H29NO5. The van der Waals surface area contributed by atoms with Gasteiger partial charge in [0.1, 0.15) is 6.61 Å². The van der Waals surface area contributed by atoms with Crippen LogP contribution < -0.4 is 0 Å². The van der Waals surface area contributed by atoms with Gasteiger partial charge in [-0.15, -0.1) is 0 Å². The topological polar surface area (TPSA) is 57.2 Å². The number of ether oxygens (including phenoxy) is 4. The molecule has 6 heteroatoms. The SMILES string of the molecule is CCCC12COC(C3CCN(C(=O)OCc4ccccc4)CC3)(OC1)OC2. The van der Waals surface area contributed by atoms with E-state index in [1.165, 1.54) is 0 Å². The van der Waals surface area contributed by atoms with Gasteiger partial charge in [0.05, 0.1) is 19.8 Å². The predicted molar refractivity (Wildman–Crippen MR) is 98.9 cm³/mol. The molecule has 4 fully saturated rings.